The molecule has 0 spiro atoms. The van der Waals surface area contributed by atoms with Gasteiger partial charge in [-0.3, -0.25) is 0 Å². The molecule has 11 heavy (non-hydrogen) atoms. The van der Waals surface area contributed by atoms with Crippen molar-refractivity contribution in [1.29, 1.82) is 0 Å². The lowest BCUT2D eigenvalue weighted by Crippen LogP contribution is -2.35. The van der Waals surface area contributed by atoms with E-state index >= 15 is 0 Å². The van der Waals surface area contributed by atoms with Gasteiger partial charge in [-0.15, -0.1) is 0 Å². The van der Waals surface area contributed by atoms with Crippen LogP contribution in [0.4, 0.5) is 0 Å². The second-order valence-electron chi connectivity index (χ2n) is 4.08. The zero-order chi connectivity index (χ0) is 9.07. The third kappa shape index (κ3) is 5.41. The van der Waals surface area contributed by atoms with Crippen LogP contribution in [0.25, 0.3) is 0 Å². The van der Waals surface area contributed by atoms with Crippen molar-refractivity contribution in [3.63, 3.8) is 0 Å². The zero-order valence-electron chi connectivity index (χ0n) is 8.47. The number of hydrogen-bond donors (Lipinski definition) is 0. The summed E-state index contributed by atoms with van der Waals surface area (Å²) in [7, 11) is 0.270. The van der Waals surface area contributed by atoms with E-state index in [-0.39, 0.29) is 6.29 Å². The van der Waals surface area contributed by atoms with E-state index in [2.05, 4.69) is 33.5 Å². The minimum atomic E-state index is -1.43. The van der Waals surface area contributed by atoms with Crippen molar-refractivity contribution >= 4 is 8.32 Å². The maximum atomic E-state index is 5.77. The molecule has 0 aliphatic heterocycles. The van der Waals surface area contributed by atoms with E-state index in [4.69, 9.17) is 9.16 Å². The summed E-state index contributed by atoms with van der Waals surface area (Å²) < 4.78 is 11.0. The lowest BCUT2D eigenvalue weighted by molar-refractivity contribution is -0.0891. The van der Waals surface area contributed by atoms with Crippen LogP contribution in [0.2, 0.25) is 19.6 Å². The largest absolute Gasteiger partial charge is 0.393 e. The molecule has 0 saturated heterocycles. The predicted octanol–water partition coefficient (Wildman–Crippen LogP) is 2.47. The number of ether oxygens (including phenoxy) is 1. The molecular formula is C8H20O2Si. The molecule has 0 radical (unpaired) electrons. The van der Waals surface area contributed by atoms with Gasteiger partial charge in [-0.25, -0.2) is 0 Å². The molecule has 0 aromatic carbocycles. The second-order valence-corrected chi connectivity index (χ2v) is 8.54. The molecule has 0 aliphatic rings. The summed E-state index contributed by atoms with van der Waals surface area (Å²) in [6.07, 6.45) is -0.0262. The Morgan fingerprint density at radius 2 is 1.55 bits per heavy atom. The summed E-state index contributed by atoms with van der Waals surface area (Å²) in [5.74, 6) is 0.437. The summed E-state index contributed by atoms with van der Waals surface area (Å²) in [5, 5.41) is 0. The van der Waals surface area contributed by atoms with Gasteiger partial charge in [0.15, 0.2) is 8.32 Å². The average Bonchev–Trinajstić information content (AvgIpc) is 1.80. The first-order valence-electron chi connectivity index (χ1n) is 4.07. The lowest BCUT2D eigenvalue weighted by Gasteiger charge is -2.27. The molecule has 0 heterocycles. The fourth-order valence-electron chi connectivity index (χ4n) is 0.805. The Labute approximate surface area is 71.0 Å². The lowest BCUT2D eigenvalue weighted by atomic mass is 10.2. The van der Waals surface area contributed by atoms with Crippen molar-refractivity contribution in [3.05, 3.63) is 0 Å². The molecule has 0 aliphatic carbocycles. The molecule has 0 amide bonds. The molecule has 0 bridgehead atoms. The monoisotopic (exact) mass is 176 g/mol. The summed E-state index contributed by atoms with van der Waals surface area (Å²) >= 11 is 0. The molecular weight excluding hydrogens is 156 g/mol. The number of rotatable bonds is 4. The van der Waals surface area contributed by atoms with E-state index in [0.29, 0.717) is 5.92 Å². The average molecular weight is 176 g/mol. The number of hydrogen-bond acceptors (Lipinski definition) is 2. The van der Waals surface area contributed by atoms with Crippen LogP contribution in [-0.4, -0.2) is 21.7 Å². The molecule has 0 aromatic rings. The van der Waals surface area contributed by atoms with Crippen LogP contribution in [-0.2, 0) is 9.16 Å². The molecule has 2 nitrogen and oxygen atoms in total. The summed E-state index contributed by atoms with van der Waals surface area (Å²) in [6, 6.07) is 0. The van der Waals surface area contributed by atoms with Gasteiger partial charge in [-0.05, 0) is 19.6 Å². The third-order valence-electron chi connectivity index (χ3n) is 1.25. The Bertz CT molecular complexity index is 107. The van der Waals surface area contributed by atoms with E-state index in [9.17, 15) is 0 Å². The predicted molar refractivity (Wildman–Crippen MR) is 50.1 cm³/mol. The van der Waals surface area contributed by atoms with Gasteiger partial charge in [-0.1, -0.05) is 13.8 Å². The minimum Gasteiger partial charge on any atom is -0.393 e. The van der Waals surface area contributed by atoms with Gasteiger partial charge in [0.2, 0.25) is 0 Å². The van der Waals surface area contributed by atoms with E-state index < -0.39 is 8.32 Å². The Balaban J connectivity index is 3.88. The molecule has 0 saturated carbocycles. The highest BCUT2D eigenvalue weighted by molar-refractivity contribution is 6.69. The van der Waals surface area contributed by atoms with Crippen molar-refractivity contribution in [2.75, 3.05) is 7.11 Å². The fourth-order valence-corrected chi connectivity index (χ4v) is 1.87. The summed E-state index contributed by atoms with van der Waals surface area (Å²) in [5.41, 5.74) is 0. The second kappa shape index (κ2) is 4.23. The van der Waals surface area contributed by atoms with E-state index in [1.54, 1.807) is 7.11 Å². The van der Waals surface area contributed by atoms with Crippen LogP contribution >= 0.6 is 0 Å². The van der Waals surface area contributed by atoms with E-state index in [1.807, 2.05) is 0 Å². The topological polar surface area (TPSA) is 18.5 Å². The van der Waals surface area contributed by atoms with Gasteiger partial charge in [0.25, 0.3) is 0 Å². The molecule has 0 aromatic heterocycles. The molecule has 1 unspecified atom stereocenters. The minimum absolute atomic E-state index is 0.0262. The van der Waals surface area contributed by atoms with Crippen LogP contribution in [0.3, 0.4) is 0 Å². The third-order valence-corrected chi connectivity index (χ3v) is 2.19. The van der Waals surface area contributed by atoms with Crippen molar-refractivity contribution in [2.45, 2.75) is 39.8 Å². The maximum absolute atomic E-state index is 5.77. The maximum Gasteiger partial charge on any atom is 0.187 e. The van der Waals surface area contributed by atoms with Gasteiger partial charge >= 0.3 is 0 Å². The molecule has 0 rings (SSSR count). The highest BCUT2D eigenvalue weighted by Crippen LogP contribution is 2.14. The first kappa shape index (κ1) is 11.1. The van der Waals surface area contributed by atoms with Crippen molar-refractivity contribution in [3.8, 4) is 0 Å². The molecule has 68 valence electrons. The highest BCUT2D eigenvalue weighted by Gasteiger charge is 2.22. The molecule has 0 N–H and O–H groups in total. The quantitative estimate of drug-likeness (QED) is 0.484. The summed E-state index contributed by atoms with van der Waals surface area (Å²) in [4.78, 5) is 0. The Morgan fingerprint density at radius 3 is 1.64 bits per heavy atom. The van der Waals surface area contributed by atoms with Gasteiger partial charge in [0.1, 0.15) is 6.29 Å². The van der Waals surface area contributed by atoms with Crippen molar-refractivity contribution in [2.24, 2.45) is 5.92 Å². The Hall–Kier alpha value is 0.137. The van der Waals surface area contributed by atoms with Crippen molar-refractivity contribution < 1.29 is 9.16 Å². The van der Waals surface area contributed by atoms with Gasteiger partial charge < -0.3 is 9.16 Å². The van der Waals surface area contributed by atoms with Crippen LogP contribution < -0.4 is 0 Å². The zero-order valence-corrected chi connectivity index (χ0v) is 9.47. The van der Waals surface area contributed by atoms with Crippen LogP contribution in [0.1, 0.15) is 13.8 Å². The van der Waals surface area contributed by atoms with Crippen LogP contribution in [0.15, 0.2) is 0 Å². The first-order chi connectivity index (χ1) is 4.87. The standard InChI is InChI=1S/C8H20O2Si/c1-7(2)8(9-3)10-11(4,5)6/h7-8H,1-6H3. The Kier molecular flexibility index (Phi) is 4.29. The fraction of sp³-hybridized carbons (Fsp3) is 1.00. The highest BCUT2D eigenvalue weighted by atomic mass is 28.4. The van der Waals surface area contributed by atoms with E-state index in [1.165, 1.54) is 0 Å². The van der Waals surface area contributed by atoms with Gasteiger partial charge in [0.05, 0.1) is 0 Å². The van der Waals surface area contributed by atoms with Gasteiger partial charge in [-0.2, -0.15) is 0 Å². The van der Waals surface area contributed by atoms with Crippen LogP contribution in [0.5, 0.6) is 0 Å². The Morgan fingerprint density at radius 1 is 1.09 bits per heavy atom. The van der Waals surface area contributed by atoms with Gasteiger partial charge in [0, 0.05) is 13.0 Å². The van der Waals surface area contributed by atoms with E-state index in [0.717, 1.165) is 0 Å². The SMILES string of the molecule is COC(O[Si](C)(C)C)C(C)C. The number of methoxy groups -OCH3 is 1. The smallest absolute Gasteiger partial charge is 0.187 e. The van der Waals surface area contributed by atoms with Crippen LogP contribution in [0, 0.1) is 5.92 Å². The van der Waals surface area contributed by atoms with Crippen molar-refractivity contribution in [1.82, 2.24) is 0 Å². The first-order valence-corrected chi connectivity index (χ1v) is 7.48. The summed E-state index contributed by atoms with van der Waals surface area (Å²) in [6.45, 7) is 10.7. The molecule has 3 heteroatoms. The molecule has 1 atom stereocenters. The normalized spacial score (nSPS) is 15.5. The molecule has 0 fully saturated rings.